The lowest BCUT2D eigenvalue weighted by atomic mass is 9.97. The number of benzene rings is 1. The summed E-state index contributed by atoms with van der Waals surface area (Å²) in [5.41, 5.74) is 3.90. The van der Waals surface area contributed by atoms with Crippen molar-refractivity contribution in [1.82, 2.24) is 0 Å². The Balaban J connectivity index is 3.05. The fourth-order valence-electron chi connectivity index (χ4n) is 1.55. The number of aliphatic hydroxyl groups excluding tert-OH is 2. The van der Waals surface area contributed by atoms with Crippen molar-refractivity contribution < 1.29 is 23.4 Å². The Labute approximate surface area is 96.7 Å². The van der Waals surface area contributed by atoms with Crippen LogP contribution >= 0.6 is 0 Å². The summed E-state index contributed by atoms with van der Waals surface area (Å²) in [5, 5.41) is 19.1. The van der Waals surface area contributed by atoms with Gasteiger partial charge in [0.15, 0.2) is 0 Å². The van der Waals surface area contributed by atoms with E-state index in [1.165, 1.54) is 12.1 Å². The highest BCUT2D eigenvalue weighted by molar-refractivity contribution is 5.32. The molecule has 1 rings (SSSR count). The molecule has 0 saturated carbocycles. The lowest BCUT2D eigenvalue weighted by Crippen LogP contribution is -2.24. The number of aliphatic hydroxyl groups is 2. The normalized spacial score (nSPS) is 15.6. The molecular formula is C11H14F3NO2. The summed E-state index contributed by atoms with van der Waals surface area (Å²) in [6.07, 6.45) is -7.41. The first-order chi connectivity index (χ1) is 7.88. The molecule has 0 aliphatic rings. The second kappa shape index (κ2) is 5.48. The highest BCUT2D eigenvalue weighted by atomic mass is 19.4. The molecule has 0 bridgehead atoms. The van der Waals surface area contributed by atoms with Crippen molar-refractivity contribution in [2.75, 3.05) is 6.54 Å². The first-order valence-electron chi connectivity index (χ1n) is 5.10. The molecule has 17 heavy (non-hydrogen) atoms. The molecule has 6 heteroatoms. The van der Waals surface area contributed by atoms with Crippen LogP contribution in [0.4, 0.5) is 13.2 Å². The van der Waals surface area contributed by atoms with Crippen LogP contribution in [-0.4, -0.2) is 22.9 Å². The minimum Gasteiger partial charge on any atom is -0.390 e. The van der Waals surface area contributed by atoms with Gasteiger partial charge in [0.2, 0.25) is 0 Å². The Bertz CT molecular complexity index is 368. The van der Waals surface area contributed by atoms with Gasteiger partial charge in [-0.05, 0) is 24.6 Å². The fraction of sp³-hybridized carbons (Fsp3) is 0.455. The average molecular weight is 249 g/mol. The summed E-state index contributed by atoms with van der Waals surface area (Å²) in [6, 6.07) is 4.62. The van der Waals surface area contributed by atoms with Crippen molar-refractivity contribution in [1.29, 1.82) is 0 Å². The van der Waals surface area contributed by atoms with Crippen LogP contribution in [-0.2, 0) is 6.18 Å². The van der Waals surface area contributed by atoms with Crippen LogP contribution in [0, 0.1) is 0 Å². The first kappa shape index (κ1) is 14.0. The maximum Gasteiger partial charge on any atom is 0.416 e. The predicted molar refractivity (Wildman–Crippen MR) is 56.1 cm³/mol. The van der Waals surface area contributed by atoms with Crippen LogP contribution in [0.2, 0.25) is 0 Å². The highest BCUT2D eigenvalue weighted by Gasteiger charge is 2.35. The van der Waals surface area contributed by atoms with Crippen molar-refractivity contribution >= 4 is 0 Å². The molecule has 2 atom stereocenters. The summed E-state index contributed by atoms with van der Waals surface area (Å²) in [5.74, 6) is 0. The summed E-state index contributed by atoms with van der Waals surface area (Å²) in [7, 11) is 0. The highest BCUT2D eigenvalue weighted by Crippen LogP contribution is 2.35. The Kier molecular flexibility index (Phi) is 4.50. The Morgan fingerprint density at radius 1 is 1.18 bits per heavy atom. The van der Waals surface area contributed by atoms with Gasteiger partial charge in [0.05, 0.1) is 11.7 Å². The zero-order valence-electron chi connectivity index (χ0n) is 8.98. The first-order valence-corrected chi connectivity index (χ1v) is 5.10. The van der Waals surface area contributed by atoms with Crippen LogP contribution in [0.3, 0.4) is 0 Å². The molecule has 1 aromatic carbocycles. The lowest BCUT2D eigenvalue weighted by Gasteiger charge is -2.21. The van der Waals surface area contributed by atoms with Crippen LogP contribution < -0.4 is 5.73 Å². The quantitative estimate of drug-likeness (QED) is 0.756. The van der Waals surface area contributed by atoms with Gasteiger partial charge in [-0.25, -0.2) is 0 Å². The number of halogens is 3. The molecule has 0 amide bonds. The van der Waals surface area contributed by atoms with E-state index in [0.29, 0.717) is 0 Å². The molecule has 0 aliphatic heterocycles. The topological polar surface area (TPSA) is 66.5 Å². The minimum absolute atomic E-state index is 0.0351. The van der Waals surface area contributed by atoms with E-state index >= 15 is 0 Å². The molecule has 3 nitrogen and oxygen atoms in total. The minimum atomic E-state index is -4.56. The van der Waals surface area contributed by atoms with Crippen LogP contribution in [0.1, 0.15) is 23.7 Å². The third-order valence-electron chi connectivity index (χ3n) is 2.41. The molecule has 4 N–H and O–H groups in total. The molecule has 0 radical (unpaired) electrons. The van der Waals surface area contributed by atoms with E-state index in [4.69, 9.17) is 5.73 Å². The lowest BCUT2D eigenvalue weighted by molar-refractivity contribution is -0.140. The average Bonchev–Trinajstić information content (AvgIpc) is 2.27. The number of nitrogens with two attached hydrogens (primary N) is 1. The predicted octanol–water partition coefficient (Wildman–Crippen LogP) is 1.45. The van der Waals surface area contributed by atoms with E-state index < -0.39 is 23.9 Å². The molecule has 2 unspecified atom stereocenters. The molecule has 0 fully saturated rings. The molecule has 0 saturated heterocycles. The Morgan fingerprint density at radius 2 is 1.76 bits per heavy atom. The molecule has 1 aromatic rings. The van der Waals surface area contributed by atoms with Crippen molar-refractivity contribution in [2.45, 2.75) is 24.8 Å². The third kappa shape index (κ3) is 3.42. The summed E-state index contributed by atoms with van der Waals surface area (Å²) >= 11 is 0. The molecule has 96 valence electrons. The Morgan fingerprint density at radius 3 is 2.29 bits per heavy atom. The standard InChI is InChI=1S/C11H14F3NO2/c12-11(13,14)8-4-2-1-3-7(8)10(17)9(16)5-6-15/h1-4,9-10,16-17H,5-6,15H2. The van der Waals surface area contributed by atoms with Crippen LogP contribution in [0.25, 0.3) is 0 Å². The molecule has 0 aliphatic carbocycles. The van der Waals surface area contributed by atoms with Crippen LogP contribution in [0.5, 0.6) is 0 Å². The number of hydrogen-bond acceptors (Lipinski definition) is 3. The number of hydrogen-bond donors (Lipinski definition) is 3. The summed E-state index contributed by atoms with van der Waals surface area (Å²) in [4.78, 5) is 0. The number of rotatable bonds is 4. The molecule has 0 spiro atoms. The van der Waals surface area contributed by atoms with Gasteiger partial charge in [0.1, 0.15) is 6.10 Å². The third-order valence-corrected chi connectivity index (χ3v) is 2.41. The monoisotopic (exact) mass is 249 g/mol. The van der Waals surface area contributed by atoms with Gasteiger partial charge >= 0.3 is 6.18 Å². The van der Waals surface area contributed by atoms with E-state index in [0.717, 1.165) is 12.1 Å². The van der Waals surface area contributed by atoms with E-state index in [1.807, 2.05) is 0 Å². The van der Waals surface area contributed by atoms with E-state index in [-0.39, 0.29) is 18.5 Å². The maximum atomic E-state index is 12.6. The van der Waals surface area contributed by atoms with Gasteiger partial charge in [-0.3, -0.25) is 0 Å². The van der Waals surface area contributed by atoms with Crippen molar-refractivity contribution in [3.63, 3.8) is 0 Å². The van der Waals surface area contributed by atoms with Gasteiger partial charge in [0.25, 0.3) is 0 Å². The Hall–Kier alpha value is -1.11. The smallest absolute Gasteiger partial charge is 0.390 e. The van der Waals surface area contributed by atoms with Gasteiger partial charge in [-0.1, -0.05) is 18.2 Å². The largest absolute Gasteiger partial charge is 0.416 e. The SMILES string of the molecule is NCCC(O)C(O)c1ccccc1C(F)(F)F. The second-order valence-electron chi connectivity index (χ2n) is 3.67. The van der Waals surface area contributed by atoms with Gasteiger partial charge in [-0.15, -0.1) is 0 Å². The summed E-state index contributed by atoms with van der Waals surface area (Å²) in [6.45, 7) is 0.0897. The van der Waals surface area contributed by atoms with Crippen molar-refractivity contribution in [3.05, 3.63) is 35.4 Å². The van der Waals surface area contributed by atoms with E-state index in [2.05, 4.69) is 0 Å². The van der Waals surface area contributed by atoms with Crippen molar-refractivity contribution in [3.8, 4) is 0 Å². The zero-order chi connectivity index (χ0) is 13.1. The van der Waals surface area contributed by atoms with Gasteiger partial charge < -0.3 is 15.9 Å². The van der Waals surface area contributed by atoms with Crippen molar-refractivity contribution in [2.24, 2.45) is 5.73 Å². The van der Waals surface area contributed by atoms with Crippen LogP contribution in [0.15, 0.2) is 24.3 Å². The van der Waals surface area contributed by atoms with E-state index in [9.17, 15) is 23.4 Å². The number of alkyl halides is 3. The summed E-state index contributed by atoms with van der Waals surface area (Å²) < 4.78 is 37.9. The van der Waals surface area contributed by atoms with Gasteiger partial charge in [0, 0.05) is 0 Å². The fourth-order valence-corrected chi connectivity index (χ4v) is 1.55. The van der Waals surface area contributed by atoms with E-state index in [1.54, 1.807) is 0 Å². The molecular weight excluding hydrogens is 235 g/mol. The molecule has 0 aromatic heterocycles. The van der Waals surface area contributed by atoms with Gasteiger partial charge in [-0.2, -0.15) is 13.2 Å². The zero-order valence-corrected chi connectivity index (χ0v) is 8.98. The second-order valence-corrected chi connectivity index (χ2v) is 3.67. The molecule has 0 heterocycles. The maximum absolute atomic E-state index is 12.6.